The maximum Gasteiger partial charge on any atom is 0.508 e. The van der Waals surface area contributed by atoms with Gasteiger partial charge in [0.2, 0.25) is 0 Å². The van der Waals surface area contributed by atoms with Gasteiger partial charge >= 0.3 is 6.16 Å². The van der Waals surface area contributed by atoms with Gasteiger partial charge in [-0.2, -0.15) is 0 Å². The van der Waals surface area contributed by atoms with Crippen LogP contribution < -0.4 is 0 Å². The fourth-order valence-electron chi connectivity index (χ4n) is 4.71. The van der Waals surface area contributed by atoms with Crippen LogP contribution in [0.1, 0.15) is 0 Å². The van der Waals surface area contributed by atoms with Crippen LogP contribution in [-0.2, 0) is 28.4 Å². The fourth-order valence-corrected chi connectivity index (χ4v) is 4.71. The Kier molecular flexibility index (Phi) is 14.3. The number of halogens is 2. The maximum absolute atomic E-state index is 12.6. The normalized spacial score (nSPS) is 23.8. The van der Waals surface area contributed by atoms with Crippen molar-refractivity contribution in [2.24, 2.45) is 0 Å². The molecule has 34 heavy (non-hydrogen) atoms. The number of hydrogen-bond donors (Lipinski definition) is 0. The standard InChI is InChI=1S/C21H38N4O7.2ClH/c26-21(31-17-19(22-1-9-27-10-2-22)23-3-11-28-12-4-23)32-18-20(24-5-13-29-14-6-24)25-7-15-30-16-8-25;;/h19-20H,1-18H2;2*1H. The van der Waals surface area contributed by atoms with Gasteiger partial charge < -0.3 is 28.4 Å². The van der Waals surface area contributed by atoms with Crippen molar-refractivity contribution in [1.82, 2.24) is 19.6 Å². The average molecular weight is 531 g/mol. The summed E-state index contributed by atoms with van der Waals surface area (Å²) in [5.74, 6) is 0. The van der Waals surface area contributed by atoms with E-state index in [1.54, 1.807) is 0 Å². The zero-order chi connectivity index (χ0) is 22.0. The number of carbonyl (C=O) groups excluding carboxylic acids is 1. The van der Waals surface area contributed by atoms with Gasteiger partial charge in [-0.05, 0) is 0 Å². The highest BCUT2D eigenvalue weighted by molar-refractivity contribution is 5.85. The lowest BCUT2D eigenvalue weighted by atomic mass is 10.3. The van der Waals surface area contributed by atoms with Crippen LogP contribution in [0.25, 0.3) is 0 Å². The van der Waals surface area contributed by atoms with Crippen LogP contribution in [0.2, 0.25) is 0 Å². The summed E-state index contributed by atoms with van der Waals surface area (Å²) in [6, 6.07) is 0. The molecule has 4 rings (SSSR count). The summed E-state index contributed by atoms with van der Waals surface area (Å²) in [7, 11) is 0. The van der Waals surface area contributed by atoms with E-state index < -0.39 is 6.16 Å². The molecule has 0 amide bonds. The van der Waals surface area contributed by atoms with E-state index in [2.05, 4.69) is 19.6 Å². The summed E-state index contributed by atoms with van der Waals surface area (Å²) in [6.45, 7) is 12.8. The number of rotatable bonds is 8. The minimum absolute atomic E-state index is 0. The minimum atomic E-state index is -0.608. The molecule has 0 N–H and O–H groups in total. The maximum atomic E-state index is 12.6. The first-order chi connectivity index (χ1) is 15.8. The molecule has 4 heterocycles. The molecule has 0 saturated carbocycles. The van der Waals surface area contributed by atoms with Crippen molar-refractivity contribution in [3.05, 3.63) is 0 Å². The molecule has 13 heteroatoms. The molecule has 4 fully saturated rings. The van der Waals surface area contributed by atoms with Gasteiger partial charge in [0, 0.05) is 52.4 Å². The number of hydrogen-bond acceptors (Lipinski definition) is 11. The summed E-state index contributed by atoms with van der Waals surface area (Å²) in [5.41, 5.74) is 0. The highest BCUT2D eigenvalue weighted by atomic mass is 35.5. The molecule has 0 aromatic carbocycles. The first-order valence-electron chi connectivity index (χ1n) is 11.9. The number of nitrogens with zero attached hydrogens (tertiary/aromatic N) is 4. The molecule has 4 aliphatic heterocycles. The van der Waals surface area contributed by atoms with Crippen LogP contribution in [0.15, 0.2) is 0 Å². The Balaban J connectivity index is 0.00000204. The zero-order valence-electron chi connectivity index (χ0n) is 19.8. The largest absolute Gasteiger partial charge is 0.508 e. The van der Waals surface area contributed by atoms with Crippen LogP contribution in [-0.4, -0.2) is 157 Å². The van der Waals surface area contributed by atoms with Crippen LogP contribution >= 0.6 is 24.8 Å². The third-order valence-electron chi connectivity index (χ3n) is 6.57. The third-order valence-corrected chi connectivity index (χ3v) is 6.57. The van der Waals surface area contributed by atoms with E-state index in [9.17, 15) is 4.79 Å². The predicted molar refractivity (Wildman–Crippen MR) is 129 cm³/mol. The molecule has 200 valence electrons. The molecule has 0 radical (unpaired) electrons. The Hall–Kier alpha value is -0.470. The topological polar surface area (TPSA) is 85.4 Å². The van der Waals surface area contributed by atoms with Crippen molar-refractivity contribution < 1.29 is 33.2 Å². The van der Waals surface area contributed by atoms with E-state index in [4.69, 9.17) is 28.4 Å². The van der Waals surface area contributed by atoms with Crippen LogP contribution in [0.5, 0.6) is 0 Å². The molecule has 0 spiro atoms. The van der Waals surface area contributed by atoms with Crippen molar-refractivity contribution in [3.8, 4) is 0 Å². The lowest BCUT2D eigenvalue weighted by molar-refractivity contribution is -0.1000. The number of ether oxygens (including phenoxy) is 6. The van der Waals surface area contributed by atoms with E-state index in [0.29, 0.717) is 52.9 Å². The first kappa shape index (κ1) is 29.8. The second-order valence-corrected chi connectivity index (χ2v) is 8.43. The van der Waals surface area contributed by atoms with Gasteiger partial charge in [0.1, 0.15) is 13.2 Å². The monoisotopic (exact) mass is 530 g/mol. The molecular weight excluding hydrogens is 491 g/mol. The summed E-state index contributed by atoms with van der Waals surface area (Å²) in [6.07, 6.45) is -0.572. The molecule has 0 bridgehead atoms. The second-order valence-electron chi connectivity index (χ2n) is 8.43. The van der Waals surface area contributed by atoms with Gasteiger partial charge in [0.15, 0.2) is 0 Å². The summed E-state index contributed by atoms with van der Waals surface area (Å²) in [4.78, 5) is 21.9. The number of morpholine rings is 4. The number of carbonyl (C=O) groups is 1. The van der Waals surface area contributed by atoms with Crippen LogP contribution in [0.3, 0.4) is 0 Å². The van der Waals surface area contributed by atoms with Gasteiger partial charge in [-0.15, -0.1) is 24.8 Å². The van der Waals surface area contributed by atoms with E-state index in [0.717, 1.165) is 52.4 Å². The van der Waals surface area contributed by atoms with Crippen LogP contribution in [0.4, 0.5) is 4.79 Å². The zero-order valence-corrected chi connectivity index (χ0v) is 21.5. The van der Waals surface area contributed by atoms with E-state index in [-0.39, 0.29) is 50.4 Å². The Bertz CT molecular complexity index is 477. The van der Waals surface area contributed by atoms with Crippen molar-refractivity contribution in [3.63, 3.8) is 0 Å². The SMILES string of the molecule is Cl.Cl.O=C(OCC(N1CCOCC1)N1CCOCC1)OCC(N1CCOCC1)N1CCOCC1. The highest BCUT2D eigenvalue weighted by Gasteiger charge is 2.31. The molecular formula is C21H40Cl2N4O7. The van der Waals surface area contributed by atoms with E-state index in [1.165, 1.54) is 0 Å². The van der Waals surface area contributed by atoms with Crippen LogP contribution in [0, 0.1) is 0 Å². The Morgan fingerprint density at radius 1 is 0.529 bits per heavy atom. The summed E-state index contributed by atoms with van der Waals surface area (Å²) < 4.78 is 33.2. The van der Waals surface area contributed by atoms with E-state index in [1.807, 2.05) is 0 Å². The van der Waals surface area contributed by atoms with Gasteiger partial charge in [0.25, 0.3) is 0 Å². The van der Waals surface area contributed by atoms with Gasteiger partial charge in [-0.1, -0.05) is 0 Å². The second kappa shape index (κ2) is 16.3. The Morgan fingerprint density at radius 3 is 1.00 bits per heavy atom. The fraction of sp³-hybridized carbons (Fsp3) is 0.952. The molecule has 0 aromatic rings. The van der Waals surface area contributed by atoms with Crippen molar-refractivity contribution in [2.45, 2.75) is 12.3 Å². The lowest BCUT2D eigenvalue weighted by Crippen LogP contribution is -2.58. The third kappa shape index (κ3) is 8.88. The molecule has 4 saturated heterocycles. The molecule has 0 unspecified atom stereocenters. The summed E-state index contributed by atoms with van der Waals surface area (Å²) >= 11 is 0. The predicted octanol–water partition coefficient (Wildman–Crippen LogP) is -0.0358. The average Bonchev–Trinajstić information content (AvgIpc) is 2.87. The molecule has 0 atom stereocenters. The molecule has 11 nitrogen and oxygen atoms in total. The van der Waals surface area contributed by atoms with Crippen molar-refractivity contribution in [1.29, 1.82) is 0 Å². The molecule has 0 aliphatic carbocycles. The van der Waals surface area contributed by atoms with Crippen molar-refractivity contribution in [2.75, 3.05) is 118 Å². The van der Waals surface area contributed by atoms with Gasteiger partial charge in [-0.25, -0.2) is 4.79 Å². The van der Waals surface area contributed by atoms with Gasteiger partial charge in [0.05, 0.1) is 65.2 Å². The van der Waals surface area contributed by atoms with Crippen molar-refractivity contribution >= 4 is 31.0 Å². The smallest absolute Gasteiger partial charge is 0.431 e. The van der Waals surface area contributed by atoms with Gasteiger partial charge in [-0.3, -0.25) is 19.6 Å². The van der Waals surface area contributed by atoms with E-state index >= 15 is 0 Å². The molecule has 0 aromatic heterocycles. The first-order valence-corrected chi connectivity index (χ1v) is 11.9. The Labute approximate surface area is 214 Å². The molecule has 4 aliphatic rings. The minimum Gasteiger partial charge on any atom is -0.431 e. The Morgan fingerprint density at radius 2 is 0.765 bits per heavy atom. The lowest BCUT2D eigenvalue weighted by Gasteiger charge is -2.42. The quantitative estimate of drug-likeness (QED) is 0.396. The highest BCUT2D eigenvalue weighted by Crippen LogP contribution is 2.15. The summed E-state index contributed by atoms with van der Waals surface area (Å²) in [5, 5.41) is 0.